The van der Waals surface area contributed by atoms with Gasteiger partial charge in [-0.2, -0.15) is 0 Å². The summed E-state index contributed by atoms with van der Waals surface area (Å²) >= 11 is 1.68. The Morgan fingerprint density at radius 3 is 3.00 bits per heavy atom. The summed E-state index contributed by atoms with van der Waals surface area (Å²) in [6.07, 6.45) is 0. The Balaban J connectivity index is 1.69. The van der Waals surface area contributed by atoms with Gasteiger partial charge in [0.15, 0.2) is 0 Å². The number of fused-ring (bicyclic) bond motifs is 1. The second-order valence-electron chi connectivity index (χ2n) is 5.39. The lowest BCUT2D eigenvalue weighted by Gasteiger charge is -2.19. The number of benzene rings is 2. The first-order chi connectivity index (χ1) is 10.8. The lowest BCUT2D eigenvalue weighted by molar-refractivity contribution is 0.323. The van der Waals surface area contributed by atoms with Crippen LogP contribution >= 0.6 is 11.3 Å². The van der Waals surface area contributed by atoms with Gasteiger partial charge in [-0.3, -0.25) is 0 Å². The van der Waals surface area contributed by atoms with Gasteiger partial charge in [-0.1, -0.05) is 23.8 Å². The maximum Gasteiger partial charge on any atom is 0.142 e. The number of nitrogens with zero attached hydrogens (tertiary/aromatic N) is 1. The molecule has 0 aliphatic carbocycles. The molecule has 2 aromatic carbocycles. The molecule has 0 fully saturated rings. The van der Waals surface area contributed by atoms with Gasteiger partial charge in [-0.05, 0) is 31.2 Å². The van der Waals surface area contributed by atoms with Crippen LogP contribution in [0.1, 0.15) is 5.56 Å². The van der Waals surface area contributed by atoms with Crippen LogP contribution in [0.3, 0.4) is 0 Å². The molecule has 3 aromatic rings. The number of aromatic nitrogens is 1. The SMILES string of the molecule is Cc1cccc(-c2nc(-c3ccc4c(c3)NCCO4)cs2)c1. The summed E-state index contributed by atoms with van der Waals surface area (Å²) < 4.78 is 5.62. The number of hydrogen-bond donors (Lipinski definition) is 1. The fraction of sp³-hybridized carbons (Fsp3) is 0.167. The third-order valence-corrected chi connectivity index (χ3v) is 4.61. The number of nitrogens with one attached hydrogen (secondary N) is 1. The van der Waals surface area contributed by atoms with Gasteiger partial charge in [0, 0.05) is 23.1 Å². The largest absolute Gasteiger partial charge is 0.490 e. The summed E-state index contributed by atoms with van der Waals surface area (Å²) in [5.41, 5.74) is 5.61. The lowest BCUT2D eigenvalue weighted by Crippen LogP contribution is -2.17. The average Bonchev–Trinajstić information content (AvgIpc) is 3.04. The van der Waals surface area contributed by atoms with Crippen molar-refractivity contribution in [3.63, 3.8) is 0 Å². The summed E-state index contributed by atoms with van der Waals surface area (Å²) in [5.74, 6) is 0.920. The summed E-state index contributed by atoms with van der Waals surface area (Å²) in [4.78, 5) is 4.79. The van der Waals surface area contributed by atoms with Crippen molar-refractivity contribution >= 4 is 17.0 Å². The predicted octanol–water partition coefficient (Wildman–Crippen LogP) is 4.59. The molecule has 3 nitrogen and oxygen atoms in total. The van der Waals surface area contributed by atoms with Crippen LogP contribution in [0.25, 0.3) is 21.8 Å². The molecule has 0 amide bonds. The highest BCUT2D eigenvalue weighted by molar-refractivity contribution is 7.13. The fourth-order valence-corrected chi connectivity index (χ4v) is 3.44. The van der Waals surface area contributed by atoms with Crippen LogP contribution in [-0.4, -0.2) is 18.1 Å². The minimum atomic E-state index is 0.723. The number of rotatable bonds is 2. The summed E-state index contributed by atoms with van der Waals surface area (Å²) in [5, 5.41) is 6.54. The molecule has 1 N–H and O–H groups in total. The van der Waals surface area contributed by atoms with Gasteiger partial charge in [0.2, 0.25) is 0 Å². The van der Waals surface area contributed by atoms with Gasteiger partial charge in [0.05, 0.1) is 11.4 Å². The number of hydrogen-bond acceptors (Lipinski definition) is 4. The van der Waals surface area contributed by atoms with Crippen molar-refractivity contribution < 1.29 is 4.74 Å². The molecular weight excluding hydrogens is 292 g/mol. The molecule has 0 atom stereocenters. The minimum Gasteiger partial charge on any atom is -0.490 e. The van der Waals surface area contributed by atoms with Crippen LogP contribution in [-0.2, 0) is 0 Å². The van der Waals surface area contributed by atoms with Crippen LogP contribution in [0.5, 0.6) is 5.75 Å². The normalized spacial score (nSPS) is 13.1. The second-order valence-corrected chi connectivity index (χ2v) is 6.25. The molecule has 0 spiro atoms. The summed E-state index contributed by atoms with van der Waals surface area (Å²) in [6.45, 7) is 3.68. The zero-order valence-corrected chi connectivity index (χ0v) is 13.1. The fourth-order valence-electron chi connectivity index (χ4n) is 2.62. The van der Waals surface area contributed by atoms with E-state index in [0.29, 0.717) is 0 Å². The Kier molecular flexibility index (Phi) is 3.31. The van der Waals surface area contributed by atoms with E-state index < -0.39 is 0 Å². The Morgan fingerprint density at radius 1 is 1.14 bits per heavy atom. The standard InChI is InChI=1S/C18H16N2OS/c1-12-3-2-4-14(9-12)18-20-16(11-22-18)13-5-6-17-15(10-13)19-7-8-21-17/h2-6,9-11,19H,7-8H2,1H3. The highest BCUT2D eigenvalue weighted by atomic mass is 32.1. The van der Waals surface area contributed by atoms with Crippen LogP contribution in [0.2, 0.25) is 0 Å². The molecule has 1 aliphatic heterocycles. The molecule has 0 unspecified atom stereocenters. The molecular formula is C18H16N2OS. The molecule has 0 radical (unpaired) electrons. The molecule has 1 aromatic heterocycles. The van der Waals surface area contributed by atoms with E-state index in [1.54, 1.807) is 11.3 Å². The van der Waals surface area contributed by atoms with E-state index in [1.165, 1.54) is 11.1 Å². The van der Waals surface area contributed by atoms with Crippen molar-refractivity contribution in [1.29, 1.82) is 0 Å². The Morgan fingerprint density at radius 2 is 2.09 bits per heavy atom. The van der Waals surface area contributed by atoms with Crippen molar-refractivity contribution in [3.8, 4) is 27.6 Å². The molecule has 4 heteroatoms. The first-order valence-corrected chi connectivity index (χ1v) is 8.21. The smallest absolute Gasteiger partial charge is 0.142 e. The van der Waals surface area contributed by atoms with Crippen molar-refractivity contribution in [2.24, 2.45) is 0 Å². The molecule has 1 aliphatic rings. The highest BCUT2D eigenvalue weighted by Crippen LogP contribution is 2.34. The summed E-state index contributed by atoms with van der Waals surface area (Å²) in [7, 11) is 0. The van der Waals surface area contributed by atoms with Crippen LogP contribution < -0.4 is 10.1 Å². The van der Waals surface area contributed by atoms with Crippen molar-refractivity contribution in [2.75, 3.05) is 18.5 Å². The van der Waals surface area contributed by atoms with E-state index in [4.69, 9.17) is 9.72 Å². The number of anilines is 1. The Labute approximate surface area is 133 Å². The van der Waals surface area contributed by atoms with E-state index in [0.717, 1.165) is 40.9 Å². The summed E-state index contributed by atoms with van der Waals surface area (Å²) in [6, 6.07) is 14.7. The number of ether oxygens (including phenoxy) is 1. The Hall–Kier alpha value is -2.33. The lowest BCUT2D eigenvalue weighted by atomic mass is 10.1. The van der Waals surface area contributed by atoms with Gasteiger partial charge < -0.3 is 10.1 Å². The van der Waals surface area contributed by atoms with Gasteiger partial charge in [-0.15, -0.1) is 11.3 Å². The Bertz CT molecular complexity index is 825. The maximum atomic E-state index is 5.62. The van der Waals surface area contributed by atoms with E-state index in [9.17, 15) is 0 Å². The third-order valence-electron chi connectivity index (χ3n) is 3.72. The third kappa shape index (κ3) is 2.46. The monoisotopic (exact) mass is 308 g/mol. The molecule has 22 heavy (non-hydrogen) atoms. The van der Waals surface area contributed by atoms with Gasteiger partial charge in [-0.25, -0.2) is 4.98 Å². The van der Waals surface area contributed by atoms with E-state index >= 15 is 0 Å². The first-order valence-electron chi connectivity index (χ1n) is 7.33. The quantitative estimate of drug-likeness (QED) is 0.752. The molecule has 2 heterocycles. The first kappa shape index (κ1) is 13.3. The van der Waals surface area contributed by atoms with E-state index in [2.05, 4.69) is 54.0 Å². The van der Waals surface area contributed by atoms with E-state index in [1.807, 2.05) is 6.07 Å². The van der Waals surface area contributed by atoms with Gasteiger partial charge in [0.1, 0.15) is 17.4 Å². The molecule has 4 rings (SSSR count). The molecule has 110 valence electrons. The zero-order valence-electron chi connectivity index (χ0n) is 12.3. The van der Waals surface area contributed by atoms with Gasteiger partial charge >= 0.3 is 0 Å². The predicted molar refractivity (Wildman–Crippen MR) is 91.7 cm³/mol. The minimum absolute atomic E-state index is 0.723. The van der Waals surface area contributed by atoms with Crippen molar-refractivity contribution in [1.82, 2.24) is 4.98 Å². The maximum absolute atomic E-state index is 5.62. The van der Waals surface area contributed by atoms with Crippen molar-refractivity contribution in [2.45, 2.75) is 6.92 Å². The van der Waals surface area contributed by atoms with Crippen LogP contribution in [0.4, 0.5) is 5.69 Å². The number of thiazole rings is 1. The topological polar surface area (TPSA) is 34.2 Å². The van der Waals surface area contributed by atoms with Crippen molar-refractivity contribution in [3.05, 3.63) is 53.4 Å². The average molecular weight is 308 g/mol. The molecule has 0 saturated heterocycles. The zero-order chi connectivity index (χ0) is 14.9. The van der Waals surface area contributed by atoms with Gasteiger partial charge in [0.25, 0.3) is 0 Å². The van der Waals surface area contributed by atoms with Crippen LogP contribution in [0.15, 0.2) is 47.8 Å². The highest BCUT2D eigenvalue weighted by Gasteiger charge is 2.12. The van der Waals surface area contributed by atoms with Crippen LogP contribution in [0, 0.1) is 6.92 Å². The molecule has 0 saturated carbocycles. The number of aryl methyl sites for hydroxylation is 1. The van der Waals surface area contributed by atoms with E-state index in [-0.39, 0.29) is 0 Å². The second kappa shape index (κ2) is 5.46. The molecule has 0 bridgehead atoms.